The van der Waals surface area contributed by atoms with E-state index in [4.69, 9.17) is 5.73 Å². The van der Waals surface area contributed by atoms with Crippen LogP contribution in [0.2, 0.25) is 0 Å². The van der Waals surface area contributed by atoms with Gasteiger partial charge in [0.2, 0.25) is 0 Å². The van der Waals surface area contributed by atoms with Crippen molar-refractivity contribution < 1.29 is 9.50 Å². The topological polar surface area (TPSA) is 46.2 Å². The standard InChI is InChI=1S/C8H9FINO/c9-5-1-2-7(10)6(3-5)8(12)4-11/h1-3,8,12H,4,11H2/t8-/m1/s1. The van der Waals surface area contributed by atoms with Gasteiger partial charge in [-0.25, -0.2) is 4.39 Å². The van der Waals surface area contributed by atoms with Gasteiger partial charge < -0.3 is 10.8 Å². The lowest BCUT2D eigenvalue weighted by Gasteiger charge is -2.09. The van der Waals surface area contributed by atoms with E-state index in [9.17, 15) is 9.50 Å². The maximum Gasteiger partial charge on any atom is 0.123 e. The number of benzene rings is 1. The van der Waals surface area contributed by atoms with E-state index in [1.54, 1.807) is 6.07 Å². The average molecular weight is 281 g/mol. The van der Waals surface area contributed by atoms with Crippen LogP contribution in [0.15, 0.2) is 18.2 Å². The fraction of sp³-hybridized carbons (Fsp3) is 0.250. The van der Waals surface area contributed by atoms with Gasteiger partial charge in [0.1, 0.15) is 5.82 Å². The number of aliphatic hydroxyl groups is 1. The third kappa shape index (κ3) is 2.15. The molecule has 0 amide bonds. The van der Waals surface area contributed by atoms with E-state index in [-0.39, 0.29) is 12.4 Å². The molecule has 0 saturated carbocycles. The zero-order chi connectivity index (χ0) is 9.14. The highest BCUT2D eigenvalue weighted by molar-refractivity contribution is 14.1. The predicted molar refractivity (Wildman–Crippen MR) is 53.1 cm³/mol. The van der Waals surface area contributed by atoms with Crippen molar-refractivity contribution in [3.8, 4) is 0 Å². The lowest BCUT2D eigenvalue weighted by atomic mass is 10.1. The summed E-state index contributed by atoms with van der Waals surface area (Å²) in [5.74, 6) is -0.349. The van der Waals surface area contributed by atoms with Crippen LogP contribution < -0.4 is 5.73 Å². The first-order chi connectivity index (χ1) is 5.65. The number of aliphatic hydroxyl groups excluding tert-OH is 1. The second kappa shape index (κ2) is 4.15. The molecule has 1 atom stereocenters. The van der Waals surface area contributed by atoms with Crippen molar-refractivity contribution in [1.29, 1.82) is 0 Å². The molecule has 0 aliphatic carbocycles. The summed E-state index contributed by atoms with van der Waals surface area (Å²) in [5.41, 5.74) is 5.80. The molecule has 3 N–H and O–H groups in total. The molecule has 2 nitrogen and oxygen atoms in total. The lowest BCUT2D eigenvalue weighted by Crippen LogP contribution is -2.12. The van der Waals surface area contributed by atoms with Gasteiger partial charge in [0.05, 0.1) is 6.10 Å². The van der Waals surface area contributed by atoms with Gasteiger partial charge in [-0.15, -0.1) is 0 Å². The SMILES string of the molecule is NC[C@@H](O)c1cc(F)ccc1I. The predicted octanol–water partition coefficient (Wildman–Crippen LogP) is 1.42. The number of rotatable bonds is 2. The Bertz CT molecular complexity index is 280. The molecule has 66 valence electrons. The van der Waals surface area contributed by atoms with Gasteiger partial charge in [-0.1, -0.05) is 0 Å². The molecule has 0 aliphatic heterocycles. The molecule has 0 fully saturated rings. The van der Waals surface area contributed by atoms with E-state index in [0.717, 1.165) is 3.57 Å². The minimum Gasteiger partial charge on any atom is -0.387 e. The van der Waals surface area contributed by atoms with E-state index in [1.165, 1.54) is 12.1 Å². The molecule has 1 rings (SSSR count). The van der Waals surface area contributed by atoms with Crippen molar-refractivity contribution in [3.63, 3.8) is 0 Å². The Labute approximate surface area is 83.7 Å². The van der Waals surface area contributed by atoms with E-state index in [2.05, 4.69) is 0 Å². The second-order valence-electron chi connectivity index (χ2n) is 2.42. The molecule has 4 heteroatoms. The molecule has 0 saturated heterocycles. The van der Waals surface area contributed by atoms with Gasteiger partial charge in [-0.05, 0) is 46.4 Å². The van der Waals surface area contributed by atoms with E-state index >= 15 is 0 Å². The normalized spacial score (nSPS) is 13.0. The van der Waals surface area contributed by atoms with Gasteiger partial charge in [-0.3, -0.25) is 0 Å². The maximum atomic E-state index is 12.7. The Kier molecular flexibility index (Phi) is 3.42. The van der Waals surface area contributed by atoms with Gasteiger partial charge >= 0.3 is 0 Å². The van der Waals surface area contributed by atoms with Crippen molar-refractivity contribution in [2.75, 3.05) is 6.54 Å². The zero-order valence-corrected chi connectivity index (χ0v) is 8.45. The summed E-state index contributed by atoms with van der Waals surface area (Å²) in [4.78, 5) is 0. The smallest absolute Gasteiger partial charge is 0.123 e. The number of hydrogen-bond acceptors (Lipinski definition) is 2. The molecule has 0 unspecified atom stereocenters. The van der Waals surface area contributed by atoms with E-state index < -0.39 is 6.10 Å². The lowest BCUT2D eigenvalue weighted by molar-refractivity contribution is 0.185. The first kappa shape index (κ1) is 9.88. The van der Waals surface area contributed by atoms with Gasteiger partial charge in [0.15, 0.2) is 0 Å². The molecular formula is C8H9FINO. The van der Waals surface area contributed by atoms with Gasteiger partial charge in [-0.2, -0.15) is 0 Å². The molecule has 0 spiro atoms. The van der Waals surface area contributed by atoms with Crippen LogP contribution in [0.4, 0.5) is 4.39 Å². The van der Waals surface area contributed by atoms with E-state index in [1.807, 2.05) is 22.6 Å². The molecule has 0 aromatic heterocycles. The first-order valence-corrected chi connectivity index (χ1v) is 4.56. The van der Waals surface area contributed by atoms with Crippen molar-refractivity contribution in [2.45, 2.75) is 6.10 Å². The Morgan fingerprint density at radius 3 is 2.83 bits per heavy atom. The minimum atomic E-state index is -0.771. The molecular weight excluding hydrogens is 272 g/mol. The largest absolute Gasteiger partial charge is 0.387 e. The van der Waals surface area contributed by atoms with Crippen molar-refractivity contribution >= 4 is 22.6 Å². The zero-order valence-electron chi connectivity index (χ0n) is 6.30. The highest BCUT2D eigenvalue weighted by Crippen LogP contribution is 2.20. The van der Waals surface area contributed by atoms with Crippen molar-refractivity contribution in [3.05, 3.63) is 33.1 Å². The van der Waals surface area contributed by atoms with Crippen LogP contribution >= 0.6 is 22.6 Å². The van der Waals surface area contributed by atoms with Crippen LogP contribution in [0, 0.1) is 9.39 Å². The fourth-order valence-electron chi connectivity index (χ4n) is 0.897. The Balaban J connectivity index is 3.04. The van der Waals surface area contributed by atoms with Crippen molar-refractivity contribution in [2.24, 2.45) is 5.73 Å². The second-order valence-corrected chi connectivity index (χ2v) is 3.58. The summed E-state index contributed by atoms with van der Waals surface area (Å²) in [6.07, 6.45) is -0.771. The minimum absolute atomic E-state index is 0.111. The maximum absolute atomic E-state index is 12.7. The van der Waals surface area contributed by atoms with Crippen LogP contribution in [0.3, 0.4) is 0 Å². The monoisotopic (exact) mass is 281 g/mol. The summed E-state index contributed by atoms with van der Waals surface area (Å²) in [6.45, 7) is 0.111. The van der Waals surface area contributed by atoms with Crippen LogP contribution in [0.5, 0.6) is 0 Å². The number of nitrogens with two attached hydrogens (primary N) is 1. The quantitative estimate of drug-likeness (QED) is 0.805. The van der Waals surface area contributed by atoms with Crippen molar-refractivity contribution in [1.82, 2.24) is 0 Å². The first-order valence-electron chi connectivity index (χ1n) is 3.48. The summed E-state index contributed by atoms with van der Waals surface area (Å²) in [6, 6.07) is 4.28. The van der Waals surface area contributed by atoms with Gasteiger partial charge in [0.25, 0.3) is 0 Å². The highest BCUT2D eigenvalue weighted by Gasteiger charge is 2.09. The third-order valence-corrected chi connectivity index (χ3v) is 2.52. The molecule has 1 aromatic carbocycles. The summed E-state index contributed by atoms with van der Waals surface area (Å²) in [7, 11) is 0. The fourth-order valence-corrected chi connectivity index (χ4v) is 1.59. The average Bonchev–Trinajstić information content (AvgIpc) is 2.08. The Morgan fingerprint density at radius 1 is 1.58 bits per heavy atom. The Hall–Kier alpha value is -0.200. The van der Waals surface area contributed by atoms with Crippen LogP contribution in [0.1, 0.15) is 11.7 Å². The Morgan fingerprint density at radius 2 is 2.25 bits per heavy atom. The molecule has 0 radical (unpaired) electrons. The highest BCUT2D eigenvalue weighted by atomic mass is 127. The number of hydrogen-bond donors (Lipinski definition) is 2. The summed E-state index contributed by atoms with van der Waals surface area (Å²) in [5, 5.41) is 9.34. The third-order valence-electron chi connectivity index (χ3n) is 1.54. The van der Waals surface area contributed by atoms with Crippen LogP contribution in [0.25, 0.3) is 0 Å². The molecule has 12 heavy (non-hydrogen) atoms. The summed E-state index contributed by atoms with van der Waals surface area (Å²) < 4.78 is 13.5. The molecule has 0 heterocycles. The molecule has 1 aromatic rings. The van der Waals surface area contributed by atoms with E-state index in [0.29, 0.717) is 5.56 Å². The number of halogens is 2. The van der Waals surface area contributed by atoms with Crippen LogP contribution in [-0.4, -0.2) is 11.7 Å². The van der Waals surface area contributed by atoms with Crippen LogP contribution in [-0.2, 0) is 0 Å². The summed E-state index contributed by atoms with van der Waals surface area (Å²) >= 11 is 2.03. The van der Waals surface area contributed by atoms with Gasteiger partial charge in [0, 0.05) is 10.1 Å². The molecule has 0 bridgehead atoms. The molecule has 0 aliphatic rings.